The molecular weight excluding hydrogens is 212 g/mol. The summed E-state index contributed by atoms with van der Waals surface area (Å²) in [4.78, 5) is 2.25. The van der Waals surface area contributed by atoms with Crippen molar-refractivity contribution in [3.8, 4) is 0 Å². The highest BCUT2D eigenvalue weighted by Gasteiger charge is 2.22. The summed E-state index contributed by atoms with van der Waals surface area (Å²) in [5, 5.41) is 1.19. The molecule has 0 aliphatic carbocycles. The third-order valence-corrected chi connectivity index (χ3v) is 3.50. The lowest BCUT2D eigenvalue weighted by atomic mass is 10.0. The number of benzene rings is 1. The number of nitrogens with two attached hydrogens (primary N) is 1. The minimum absolute atomic E-state index is 0.00161. The molecule has 0 saturated heterocycles. The van der Waals surface area contributed by atoms with Gasteiger partial charge in [0.15, 0.2) is 0 Å². The van der Waals surface area contributed by atoms with Crippen LogP contribution < -0.4 is 5.73 Å². The second kappa shape index (κ2) is 4.51. The SMILES string of the molecule is CN(Cc1coc2ccccc12)C(C)(C)CN. The molecule has 0 aliphatic heterocycles. The van der Waals surface area contributed by atoms with Gasteiger partial charge in [0, 0.05) is 29.6 Å². The van der Waals surface area contributed by atoms with Gasteiger partial charge in [-0.3, -0.25) is 4.90 Å². The first-order chi connectivity index (χ1) is 8.04. The smallest absolute Gasteiger partial charge is 0.134 e. The van der Waals surface area contributed by atoms with Crippen LogP contribution in [0.1, 0.15) is 19.4 Å². The van der Waals surface area contributed by atoms with E-state index >= 15 is 0 Å². The Hall–Kier alpha value is -1.32. The Kier molecular flexibility index (Phi) is 3.22. The summed E-state index contributed by atoms with van der Waals surface area (Å²) in [5.41, 5.74) is 7.94. The number of rotatable bonds is 4. The summed E-state index contributed by atoms with van der Waals surface area (Å²) in [5.74, 6) is 0. The van der Waals surface area contributed by atoms with Crippen molar-refractivity contribution < 1.29 is 4.42 Å². The van der Waals surface area contributed by atoms with Crippen LogP contribution in [-0.2, 0) is 6.54 Å². The van der Waals surface area contributed by atoms with Crippen molar-refractivity contribution in [3.63, 3.8) is 0 Å². The maximum absolute atomic E-state index is 5.78. The van der Waals surface area contributed by atoms with Gasteiger partial charge in [0.2, 0.25) is 0 Å². The summed E-state index contributed by atoms with van der Waals surface area (Å²) >= 11 is 0. The van der Waals surface area contributed by atoms with E-state index in [1.54, 1.807) is 0 Å². The molecule has 1 aromatic carbocycles. The van der Waals surface area contributed by atoms with E-state index < -0.39 is 0 Å². The molecule has 17 heavy (non-hydrogen) atoms. The van der Waals surface area contributed by atoms with Gasteiger partial charge in [-0.05, 0) is 27.0 Å². The van der Waals surface area contributed by atoms with Gasteiger partial charge in [-0.2, -0.15) is 0 Å². The van der Waals surface area contributed by atoms with Crippen LogP contribution in [0.2, 0.25) is 0 Å². The van der Waals surface area contributed by atoms with Crippen molar-refractivity contribution in [2.45, 2.75) is 25.9 Å². The zero-order chi connectivity index (χ0) is 12.5. The molecule has 0 saturated carbocycles. The Morgan fingerprint density at radius 3 is 2.71 bits per heavy atom. The van der Waals surface area contributed by atoms with Crippen LogP contribution in [0.4, 0.5) is 0 Å². The molecular formula is C14H20N2O. The van der Waals surface area contributed by atoms with Gasteiger partial charge >= 0.3 is 0 Å². The van der Waals surface area contributed by atoms with E-state index in [9.17, 15) is 0 Å². The maximum Gasteiger partial charge on any atom is 0.134 e. The highest BCUT2D eigenvalue weighted by atomic mass is 16.3. The van der Waals surface area contributed by atoms with E-state index in [1.165, 1.54) is 10.9 Å². The monoisotopic (exact) mass is 232 g/mol. The summed E-state index contributed by atoms with van der Waals surface area (Å²) in [6, 6.07) is 8.11. The fourth-order valence-corrected chi connectivity index (χ4v) is 1.78. The number of furan rings is 1. The lowest BCUT2D eigenvalue weighted by Gasteiger charge is -2.34. The van der Waals surface area contributed by atoms with Crippen LogP contribution in [0.3, 0.4) is 0 Å². The van der Waals surface area contributed by atoms with Gasteiger partial charge in [-0.25, -0.2) is 0 Å². The summed E-state index contributed by atoms with van der Waals surface area (Å²) in [7, 11) is 2.09. The molecule has 92 valence electrons. The molecule has 1 aromatic heterocycles. The van der Waals surface area contributed by atoms with Crippen molar-refractivity contribution in [2.75, 3.05) is 13.6 Å². The standard InChI is InChI=1S/C14H20N2O/c1-14(2,10-15)16(3)8-11-9-17-13-7-5-4-6-12(11)13/h4-7,9H,8,10,15H2,1-3H3. The molecule has 0 spiro atoms. The molecule has 2 N–H and O–H groups in total. The van der Waals surface area contributed by atoms with Gasteiger partial charge in [0.05, 0.1) is 6.26 Å². The van der Waals surface area contributed by atoms with Crippen molar-refractivity contribution in [1.29, 1.82) is 0 Å². The minimum atomic E-state index is -0.00161. The number of likely N-dealkylation sites (N-methyl/N-ethyl adjacent to an activating group) is 1. The van der Waals surface area contributed by atoms with Crippen LogP contribution in [0.15, 0.2) is 34.9 Å². The molecule has 2 aromatic rings. The predicted molar refractivity (Wildman–Crippen MR) is 70.8 cm³/mol. The fourth-order valence-electron chi connectivity index (χ4n) is 1.78. The van der Waals surface area contributed by atoms with E-state index in [2.05, 4.69) is 31.9 Å². The normalized spacial score (nSPS) is 12.5. The first-order valence-corrected chi connectivity index (χ1v) is 5.91. The van der Waals surface area contributed by atoms with Gasteiger partial charge in [0.1, 0.15) is 5.58 Å². The quantitative estimate of drug-likeness (QED) is 0.881. The van der Waals surface area contributed by atoms with E-state index in [1.807, 2.05) is 24.5 Å². The second-order valence-corrected chi connectivity index (χ2v) is 5.13. The number of nitrogens with zero attached hydrogens (tertiary/aromatic N) is 1. The number of hydrogen-bond donors (Lipinski definition) is 1. The Balaban J connectivity index is 2.24. The first kappa shape index (κ1) is 12.1. The Morgan fingerprint density at radius 1 is 1.29 bits per heavy atom. The van der Waals surface area contributed by atoms with E-state index in [4.69, 9.17) is 10.2 Å². The Bertz CT molecular complexity index is 502. The zero-order valence-corrected chi connectivity index (χ0v) is 10.7. The molecule has 0 radical (unpaired) electrons. The summed E-state index contributed by atoms with van der Waals surface area (Å²) < 4.78 is 5.54. The highest BCUT2D eigenvalue weighted by molar-refractivity contribution is 5.80. The number of hydrogen-bond acceptors (Lipinski definition) is 3. The highest BCUT2D eigenvalue weighted by Crippen LogP contribution is 2.23. The van der Waals surface area contributed by atoms with E-state index in [0.717, 1.165) is 12.1 Å². The van der Waals surface area contributed by atoms with Crippen LogP contribution in [-0.4, -0.2) is 24.0 Å². The van der Waals surface area contributed by atoms with Crippen molar-refractivity contribution >= 4 is 11.0 Å². The van der Waals surface area contributed by atoms with Crippen LogP contribution in [0, 0.1) is 0 Å². The van der Waals surface area contributed by atoms with E-state index in [-0.39, 0.29) is 5.54 Å². The molecule has 0 aliphatic rings. The molecule has 0 bridgehead atoms. The first-order valence-electron chi connectivity index (χ1n) is 5.91. The fraction of sp³-hybridized carbons (Fsp3) is 0.429. The third-order valence-electron chi connectivity index (χ3n) is 3.50. The maximum atomic E-state index is 5.78. The van der Waals surface area contributed by atoms with Crippen molar-refractivity contribution in [1.82, 2.24) is 4.90 Å². The Labute approximate surface area is 102 Å². The number of para-hydroxylation sites is 1. The molecule has 0 fully saturated rings. The molecule has 1 heterocycles. The largest absolute Gasteiger partial charge is 0.464 e. The molecule has 0 amide bonds. The minimum Gasteiger partial charge on any atom is -0.464 e. The molecule has 2 rings (SSSR count). The van der Waals surface area contributed by atoms with Crippen molar-refractivity contribution in [3.05, 3.63) is 36.1 Å². The molecule has 3 nitrogen and oxygen atoms in total. The van der Waals surface area contributed by atoms with Gasteiger partial charge < -0.3 is 10.2 Å². The molecule has 0 unspecified atom stereocenters. The van der Waals surface area contributed by atoms with Crippen LogP contribution in [0.5, 0.6) is 0 Å². The van der Waals surface area contributed by atoms with Gasteiger partial charge in [-0.1, -0.05) is 18.2 Å². The second-order valence-electron chi connectivity index (χ2n) is 5.13. The average Bonchev–Trinajstić information content (AvgIpc) is 2.73. The van der Waals surface area contributed by atoms with Crippen LogP contribution in [0.25, 0.3) is 11.0 Å². The molecule has 3 heteroatoms. The van der Waals surface area contributed by atoms with E-state index in [0.29, 0.717) is 6.54 Å². The van der Waals surface area contributed by atoms with Crippen molar-refractivity contribution in [2.24, 2.45) is 5.73 Å². The topological polar surface area (TPSA) is 42.4 Å². The summed E-state index contributed by atoms with van der Waals surface area (Å²) in [6.45, 7) is 5.78. The lowest BCUT2D eigenvalue weighted by molar-refractivity contribution is 0.156. The lowest BCUT2D eigenvalue weighted by Crippen LogP contribution is -2.46. The van der Waals surface area contributed by atoms with Gasteiger partial charge in [-0.15, -0.1) is 0 Å². The Morgan fingerprint density at radius 2 is 2.00 bits per heavy atom. The number of fused-ring (bicyclic) bond motifs is 1. The zero-order valence-electron chi connectivity index (χ0n) is 10.7. The predicted octanol–water partition coefficient (Wildman–Crippen LogP) is 2.60. The third kappa shape index (κ3) is 2.35. The van der Waals surface area contributed by atoms with Crippen LogP contribution >= 0.6 is 0 Å². The summed E-state index contributed by atoms with van der Waals surface area (Å²) in [6.07, 6.45) is 1.84. The average molecular weight is 232 g/mol. The van der Waals surface area contributed by atoms with Gasteiger partial charge in [0.25, 0.3) is 0 Å². The molecule has 0 atom stereocenters.